The molecule has 136 valence electrons. The molecule has 1 aromatic carbocycles. The van der Waals surface area contributed by atoms with Gasteiger partial charge in [-0.1, -0.05) is 12.1 Å². The zero-order valence-corrected chi connectivity index (χ0v) is 16.0. The molecule has 0 saturated heterocycles. The number of nitrogens with one attached hydrogen (secondary N) is 1. The number of nitrogens with zero attached hydrogens (tertiary/aromatic N) is 3. The fourth-order valence-electron chi connectivity index (χ4n) is 2.29. The van der Waals surface area contributed by atoms with E-state index in [4.69, 9.17) is 0 Å². The van der Waals surface area contributed by atoms with E-state index in [1.165, 1.54) is 18.2 Å². The number of aryl methyl sites for hydroxylation is 1. The van der Waals surface area contributed by atoms with Gasteiger partial charge in [0.15, 0.2) is 15.8 Å². The van der Waals surface area contributed by atoms with E-state index < -0.39 is 15.7 Å². The molecule has 0 atom stereocenters. The molecule has 2 aromatic rings. The zero-order valence-electron chi connectivity index (χ0n) is 14.4. The monoisotopic (exact) mass is 384 g/mol. The van der Waals surface area contributed by atoms with E-state index in [0.717, 1.165) is 16.8 Å². The van der Waals surface area contributed by atoms with Crippen molar-refractivity contribution in [3.8, 4) is 0 Å². The van der Waals surface area contributed by atoms with Crippen molar-refractivity contribution in [2.24, 2.45) is 4.99 Å². The topological polar surface area (TPSA) is 74.7 Å². The second-order valence-electron chi connectivity index (χ2n) is 5.44. The number of hydrogen-bond acceptors (Lipinski definition) is 5. The number of aliphatic imine (C=N–C) groups is 1. The quantitative estimate of drug-likeness (QED) is 0.610. The number of thiazole rings is 1. The van der Waals surface area contributed by atoms with Crippen molar-refractivity contribution >= 4 is 27.1 Å². The summed E-state index contributed by atoms with van der Waals surface area (Å²) in [6, 6.07) is 5.38. The SMILES string of the molecule is CN=C(NCCS(=O)(=O)c1ccccc1F)N(C)Cc1csc(C)n1. The van der Waals surface area contributed by atoms with Crippen molar-refractivity contribution < 1.29 is 12.8 Å². The second-order valence-corrected chi connectivity index (χ2v) is 8.58. The Bertz CT molecular complexity index is 849. The van der Waals surface area contributed by atoms with Crippen LogP contribution in [-0.2, 0) is 16.4 Å². The first-order chi connectivity index (χ1) is 11.8. The van der Waals surface area contributed by atoms with Crippen LogP contribution in [0.3, 0.4) is 0 Å². The first-order valence-electron chi connectivity index (χ1n) is 7.63. The highest BCUT2D eigenvalue weighted by Gasteiger charge is 2.19. The van der Waals surface area contributed by atoms with Crippen LogP contribution in [0.15, 0.2) is 39.5 Å². The van der Waals surface area contributed by atoms with Gasteiger partial charge in [0.25, 0.3) is 0 Å². The molecule has 0 bridgehead atoms. The van der Waals surface area contributed by atoms with Crippen LogP contribution in [-0.4, -0.2) is 50.7 Å². The van der Waals surface area contributed by atoms with Gasteiger partial charge in [0, 0.05) is 26.0 Å². The van der Waals surface area contributed by atoms with Gasteiger partial charge in [0.1, 0.15) is 10.7 Å². The van der Waals surface area contributed by atoms with E-state index in [2.05, 4.69) is 15.3 Å². The van der Waals surface area contributed by atoms with Gasteiger partial charge < -0.3 is 10.2 Å². The van der Waals surface area contributed by atoms with E-state index >= 15 is 0 Å². The molecule has 0 saturated carbocycles. The third kappa shape index (κ3) is 5.23. The number of benzene rings is 1. The average Bonchev–Trinajstić information content (AvgIpc) is 2.96. The normalized spacial score (nSPS) is 12.2. The standard InChI is InChI=1S/C16H21FN4O2S2/c1-12-20-13(11-24-12)10-21(3)16(18-2)19-8-9-25(22,23)15-7-5-4-6-14(15)17/h4-7,11H,8-10H2,1-3H3,(H,18,19). The van der Waals surface area contributed by atoms with E-state index in [1.54, 1.807) is 18.4 Å². The minimum absolute atomic E-state index is 0.129. The van der Waals surface area contributed by atoms with E-state index in [0.29, 0.717) is 12.5 Å². The molecule has 0 aliphatic carbocycles. The molecule has 0 unspecified atom stereocenters. The van der Waals surface area contributed by atoms with Crippen LogP contribution in [0.25, 0.3) is 0 Å². The van der Waals surface area contributed by atoms with Crippen LogP contribution in [0.4, 0.5) is 4.39 Å². The Kier molecular flexibility index (Phi) is 6.49. The van der Waals surface area contributed by atoms with Gasteiger partial charge in [-0.05, 0) is 19.1 Å². The minimum Gasteiger partial charge on any atom is -0.355 e. The lowest BCUT2D eigenvalue weighted by molar-refractivity contribution is 0.472. The molecular weight excluding hydrogens is 363 g/mol. The van der Waals surface area contributed by atoms with E-state index in [9.17, 15) is 12.8 Å². The highest BCUT2D eigenvalue weighted by atomic mass is 32.2. The fourth-order valence-corrected chi connectivity index (χ4v) is 4.13. The van der Waals surface area contributed by atoms with Crippen molar-refractivity contribution in [3.05, 3.63) is 46.2 Å². The zero-order chi connectivity index (χ0) is 18.4. The van der Waals surface area contributed by atoms with Crippen LogP contribution in [0, 0.1) is 12.7 Å². The lowest BCUT2D eigenvalue weighted by Gasteiger charge is -2.21. The largest absolute Gasteiger partial charge is 0.355 e. The number of rotatable bonds is 6. The summed E-state index contributed by atoms with van der Waals surface area (Å²) < 4.78 is 38.2. The molecular formula is C16H21FN4O2S2. The van der Waals surface area contributed by atoms with Gasteiger partial charge in [-0.15, -0.1) is 11.3 Å². The number of halogens is 1. The first kappa shape index (κ1) is 19.3. The molecule has 1 N–H and O–H groups in total. The maximum absolute atomic E-state index is 13.7. The number of aromatic nitrogens is 1. The van der Waals surface area contributed by atoms with Gasteiger partial charge in [-0.2, -0.15) is 0 Å². The summed E-state index contributed by atoms with van der Waals surface area (Å²) in [4.78, 5) is 10.1. The molecule has 2 rings (SSSR count). The highest BCUT2D eigenvalue weighted by Crippen LogP contribution is 2.15. The van der Waals surface area contributed by atoms with Gasteiger partial charge in [-0.3, -0.25) is 4.99 Å². The van der Waals surface area contributed by atoms with Crippen molar-refractivity contribution in [3.63, 3.8) is 0 Å². The minimum atomic E-state index is -3.70. The Morgan fingerprint density at radius 3 is 2.72 bits per heavy atom. The highest BCUT2D eigenvalue weighted by molar-refractivity contribution is 7.91. The molecule has 1 aromatic heterocycles. The van der Waals surface area contributed by atoms with Crippen molar-refractivity contribution in [2.75, 3.05) is 26.4 Å². The summed E-state index contributed by atoms with van der Waals surface area (Å²) in [6.07, 6.45) is 0. The van der Waals surface area contributed by atoms with Crippen molar-refractivity contribution in [2.45, 2.75) is 18.4 Å². The van der Waals surface area contributed by atoms with Crippen LogP contribution in [0.2, 0.25) is 0 Å². The maximum Gasteiger partial charge on any atom is 0.193 e. The summed E-state index contributed by atoms with van der Waals surface area (Å²) in [5.41, 5.74) is 0.923. The Morgan fingerprint density at radius 1 is 1.40 bits per heavy atom. The summed E-state index contributed by atoms with van der Waals surface area (Å²) in [6.45, 7) is 2.63. The van der Waals surface area contributed by atoms with Crippen LogP contribution >= 0.6 is 11.3 Å². The lowest BCUT2D eigenvalue weighted by Crippen LogP contribution is -2.40. The smallest absolute Gasteiger partial charge is 0.193 e. The molecule has 0 fully saturated rings. The summed E-state index contributed by atoms with van der Waals surface area (Å²) in [5, 5.41) is 5.95. The maximum atomic E-state index is 13.7. The van der Waals surface area contributed by atoms with Gasteiger partial charge in [-0.25, -0.2) is 17.8 Å². The van der Waals surface area contributed by atoms with Crippen molar-refractivity contribution in [1.82, 2.24) is 15.2 Å². The molecule has 0 aliphatic heterocycles. The lowest BCUT2D eigenvalue weighted by atomic mass is 10.3. The summed E-state index contributed by atoms with van der Waals surface area (Å²) >= 11 is 1.57. The Hall–Kier alpha value is -2.00. The first-order valence-corrected chi connectivity index (χ1v) is 10.2. The predicted molar refractivity (Wildman–Crippen MR) is 98.1 cm³/mol. The molecule has 0 spiro atoms. The number of guanidine groups is 1. The summed E-state index contributed by atoms with van der Waals surface area (Å²) in [7, 11) is -0.234. The Labute approximate surface area is 151 Å². The van der Waals surface area contributed by atoms with E-state index in [-0.39, 0.29) is 17.2 Å². The third-order valence-electron chi connectivity index (χ3n) is 3.46. The second kappa shape index (κ2) is 8.39. The Morgan fingerprint density at radius 2 is 2.12 bits per heavy atom. The summed E-state index contributed by atoms with van der Waals surface area (Å²) in [5.74, 6) is -0.409. The van der Waals surface area contributed by atoms with Gasteiger partial charge in [0.05, 0.1) is 23.0 Å². The number of hydrogen-bond donors (Lipinski definition) is 1. The van der Waals surface area contributed by atoms with Gasteiger partial charge in [0.2, 0.25) is 0 Å². The molecule has 0 aliphatic rings. The average molecular weight is 385 g/mol. The fraction of sp³-hybridized carbons (Fsp3) is 0.375. The molecule has 25 heavy (non-hydrogen) atoms. The number of sulfone groups is 1. The van der Waals surface area contributed by atoms with Crippen LogP contribution in [0.5, 0.6) is 0 Å². The van der Waals surface area contributed by atoms with Crippen molar-refractivity contribution in [1.29, 1.82) is 0 Å². The molecule has 0 radical (unpaired) electrons. The Balaban J connectivity index is 1.93. The third-order valence-corrected chi connectivity index (χ3v) is 6.03. The van der Waals surface area contributed by atoms with Crippen LogP contribution < -0.4 is 5.32 Å². The van der Waals surface area contributed by atoms with Crippen LogP contribution in [0.1, 0.15) is 10.7 Å². The molecule has 0 amide bonds. The van der Waals surface area contributed by atoms with E-state index in [1.807, 2.05) is 24.3 Å². The molecule has 9 heteroatoms. The predicted octanol–water partition coefficient (Wildman–Crippen LogP) is 2.07. The molecule has 1 heterocycles. The van der Waals surface area contributed by atoms with Gasteiger partial charge >= 0.3 is 0 Å². The molecule has 6 nitrogen and oxygen atoms in total.